The Morgan fingerprint density at radius 3 is 2.46 bits per heavy atom. The number of alkyl carbamates (subject to hydrolysis) is 1. The average Bonchev–Trinajstić information content (AvgIpc) is 2.55. The molecule has 2 rings (SSSR count). The second kappa shape index (κ2) is 8.77. The molecule has 0 saturated carbocycles. The second-order valence-electron chi connectivity index (χ2n) is 7.52. The monoisotopic (exact) mass is 393 g/mol. The van der Waals surface area contributed by atoms with Crippen LogP contribution in [0.3, 0.4) is 0 Å². The van der Waals surface area contributed by atoms with Gasteiger partial charge in [-0.25, -0.2) is 14.2 Å². The van der Waals surface area contributed by atoms with Crippen LogP contribution in [-0.2, 0) is 4.74 Å². The van der Waals surface area contributed by atoms with E-state index in [-0.39, 0.29) is 23.6 Å². The molecule has 10 heteroatoms. The smallest absolute Gasteiger partial charge is 0.407 e. The molecule has 0 atom stereocenters. The second-order valence-corrected chi connectivity index (χ2v) is 7.52. The zero-order valence-corrected chi connectivity index (χ0v) is 16.4. The van der Waals surface area contributed by atoms with E-state index in [4.69, 9.17) is 21.9 Å². The van der Waals surface area contributed by atoms with Gasteiger partial charge in [0.1, 0.15) is 11.3 Å². The van der Waals surface area contributed by atoms with Gasteiger partial charge < -0.3 is 32.2 Å². The van der Waals surface area contributed by atoms with Crippen molar-refractivity contribution >= 4 is 29.4 Å². The number of carbonyl (C=O) groups excluding carboxylic acids is 1. The van der Waals surface area contributed by atoms with Crippen LogP contribution in [0.1, 0.15) is 33.6 Å². The van der Waals surface area contributed by atoms with Crippen molar-refractivity contribution in [1.29, 1.82) is 0 Å². The molecule has 1 heterocycles. The van der Waals surface area contributed by atoms with Crippen LogP contribution in [0.4, 0.5) is 20.6 Å². The number of piperidine rings is 1. The number of hydrogen-bond donors (Lipinski definition) is 4. The molecule has 9 nitrogen and oxygen atoms in total. The van der Waals surface area contributed by atoms with Crippen LogP contribution < -0.4 is 27.4 Å². The number of hydrogen-bond acceptors (Lipinski definition) is 4. The molecule has 1 aliphatic rings. The molecule has 28 heavy (non-hydrogen) atoms. The zero-order valence-electron chi connectivity index (χ0n) is 16.4. The molecule has 1 fully saturated rings. The van der Waals surface area contributed by atoms with Crippen molar-refractivity contribution < 1.29 is 13.9 Å². The predicted molar refractivity (Wildman–Crippen MR) is 108 cm³/mol. The van der Waals surface area contributed by atoms with E-state index in [1.807, 2.05) is 25.7 Å². The predicted octanol–water partition coefficient (Wildman–Crippen LogP) is 1.54. The summed E-state index contributed by atoms with van der Waals surface area (Å²) in [6.07, 6.45) is 0.928. The molecule has 0 bridgehead atoms. The van der Waals surface area contributed by atoms with Crippen LogP contribution in [0.15, 0.2) is 28.2 Å². The zero-order chi connectivity index (χ0) is 20.9. The number of ether oxygens (including phenoxy) is 1. The summed E-state index contributed by atoms with van der Waals surface area (Å²) in [4.78, 5) is 21.6. The highest BCUT2D eigenvalue weighted by Crippen LogP contribution is 2.33. The first-order chi connectivity index (χ1) is 13.0. The van der Waals surface area contributed by atoms with Gasteiger partial charge >= 0.3 is 6.09 Å². The highest BCUT2D eigenvalue weighted by molar-refractivity contribution is 5.94. The molecule has 0 aliphatic carbocycles. The van der Waals surface area contributed by atoms with Crippen molar-refractivity contribution in [3.8, 4) is 0 Å². The Morgan fingerprint density at radius 2 is 1.89 bits per heavy atom. The van der Waals surface area contributed by atoms with Gasteiger partial charge in [-0.15, -0.1) is 0 Å². The molecule has 0 radical (unpaired) electrons. The van der Waals surface area contributed by atoms with Crippen LogP contribution in [0.5, 0.6) is 0 Å². The van der Waals surface area contributed by atoms with Crippen LogP contribution >= 0.6 is 0 Å². The van der Waals surface area contributed by atoms with Crippen molar-refractivity contribution in [3.05, 3.63) is 24.0 Å². The summed E-state index contributed by atoms with van der Waals surface area (Å²) in [6, 6.07) is 4.64. The lowest BCUT2D eigenvalue weighted by atomic mass is 10.0. The fraction of sp³-hybridized carbons (Fsp3) is 0.500. The number of rotatable bonds is 3. The number of nitrogens with zero attached hydrogens (tertiary/aromatic N) is 3. The first-order valence-electron chi connectivity index (χ1n) is 9.02. The first-order valence-corrected chi connectivity index (χ1v) is 9.02. The van der Waals surface area contributed by atoms with E-state index in [0.717, 1.165) is 0 Å². The van der Waals surface area contributed by atoms with Gasteiger partial charge in [-0.1, -0.05) is 6.07 Å². The van der Waals surface area contributed by atoms with Gasteiger partial charge in [0.05, 0.1) is 5.69 Å². The maximum absolute atomic E-state index is 14.3. The van der Waals surface area contributed by atoms with Gasteiger partial charge in [0.2, 0.25) is 5.96 Å². The Bertz CT molecular complexity index is 762. The van der Waals surface area contributed by atoms with Gasteiger partial charge in [-0.3, -0.25) is 0 Å². The number of aliphatic imine (C=N–C) groups is 2. The highest BCUT2D eigenvalue weighted by Gasteiger charge is 2.25. The van der Waals surface area contributed by atoms with E-state index in [9.17, 15) is 9.18 Å². The summed E-state index contributed by atoms with van der Waals surface area (Å²) in [6.45, 7) is 6.66. The average molecular weight is 393 g/mol. The normalized spacial score (nSPS) is 15.9. The third-order valence-corrected chi connectivity index (χ3v) is 3.99. The molecule has 1 aromatic carbocycles. The third-order valence-electron chi connectivity index (χ3n) is 3.99. The number of carbonyl (C=O) groups is 1. The summed E-state index contributed by atoms with van der Waals surface area (Å²) in [7, 11) is 0. The minimum absolute atomic E-state index is 0.0154. The molecule has 7 N–H and O–H groups in total. The van der Waals surface area contributed by atoms with Gasteiger partial charge in [0, 0.05) is 19.1 Å². The van der Waals surface area contributed by atoms with Crippen LogP contribution in [0.25, 0.3) is 0 Å². The summed E-state index contributed by atoms with van der Waals surface area (Å²) in [5.74, 6) is -1.01. The van der Waals surface area contributed by atoms with E-state index in [1.165, 1.54) is 6.07 Å². The summed E-state index contributed by atoms with van der Waals surface area (Å²) in [5.41, 5.74) is 16.3. The number of amides is 1. The van der Waals surface area contributed by atoms with Gasteiger partial charge in [-0.2, -0.15) is 4.99 Å². The highest BCUT2D eigenvalue weighted by atomic mass is 19.1. The lowest BCUT2D eigenvalue weighted by molar-refractivity contribution is 0.0497. The summed E-state index contributed by atoms with van der Waals surface area (Å²) >= 11 is 0. The van der Waals surface area contributed by atoms with Gasteiger partial charge in [0.15, 0.2) is 11.8 Å². The fourth-order valence-electron chi connectivity index (χ4n) is 2.88. The van der Waals surface area contributed by atoms with Crippen LogP contribution in [-0.4, -0.2) is 42.7 Å². The molecule has 1 saturated heterocycles. The Morgan fingerprint density at radius 1 is 1.25 bits per heavy atom. The van der Waals surface area contributed by atoms with Crippen molar-refractivity contribution in [1.82, 2.24) is 5.32 Å². The molecule has 1 aliphatic heterocycles. The molecular formula is C18H28FN7O2. The topological polar surface area (TPSA) is 144 Å². The Labute approximate surface area is 163 Å². The van der Waals surface area contributed by atoms with Crippen molar-refractivity contribution in [2.45, 2.75) is 45.3 Å². The molecule has 0 aromatic heterocycles. The molecule has 0 unspecified atom stereocenters. The maximum Gasteiger partial charge on any atom is 0.407 e. The quantitative estimate of drug-likeness (QED) is 0.453. The third kappa shape index (κ3) is 6.29. The lowest BCUT2D eigenvalue weighted by Gasteiger charge is -2.34. The number of nitrogens with one attached hydrogen (secondary N) is 1. The van der Waals surface area contributed by atoms with Crippen molar-refractivity contribution in [2.75, 3.05) is 18.0 Å². The molecular weight excluding hydrogens is 365 g/mol. The van der Waals surface area contributed by atoms with Crippen molar-refractivity contribution in [3.63, 3.8) is 0 Å². The van der Waals surface area contributed by atoms with E-state index in [0.29, 0.717) is 31.6 Å². The van der Waals surface area contributed by atoms with E-state index >= 15 is 0 Å². The Kier molecular flexibility index (Phi) is 6.66. The number of benzene rings is 1. The van der Waals surface area contributed by atoms with Crippen LogP contribution in [0, 0.1) is 5.82 Å². The minimum Gasteiger partial charge on any atom is -0.444 e. The summed E-state index contributed by atoms with van der Waals surface area (Å²) in [5, 5.41) is 2.87. The minimum atomic E-state index is -0.547. The number of anilines is 1. The van der Waals surface area contributed by atoms with E-state index < -0.39 is 17.5 Å². The molecule has 154 valence electrons. The number of para-hydroxylation sites is 1. The largest absolute Gasteiger partial charge is 0.444 e. The van der Waals surface area contributed by atoms with Crippen molar-refractivity contribution in [2.24, 2.45) is 27.2 Å². The number of halogens is 1. The Balaban J connectivity index is 2.08. The Hall–Kier alpha value is -3.04. The molecule has 0 spiro atoms. The molecule has 1 aromatic rings. The number of nitrogens with two attached hydrogens (primary N) is 3. The molecule has 1 amide bonds. The standard InChI is InChI=1S/C18H28FN7O2/c1-18(2,3)28-17(27)23-11-7-9-26(10-8-11)13-6-4-5-12(19)14(13)24-16(22)25-15(20)21/h4-6,11H,7-10H2,1-3H3,(H,23,27)(H6,20,21,22,24,25). The van der Waals surface area contributed by atoms with E-state index in [2.05, 4.69) is 15.3 Å². The van der Waals surface area contributed by atoms with Gasteiger partial charge in [0.25, 0.3) is 0 Å². The summed E-state index contributed by atoms with van der Waals surface area (Å²) < 4.78 is 19.6. The fourth-order valence-corrected chi connectivity index (χ4v) is 2.88. The maximum atomic E-state index is 14.3. The van der Waals surface area contributed by atoms with E-state index in [1.54, 1.807) is 12.1 Å². The number of guanidine groups is 2. The van der Waals surface area contributed by atoms with Crippen LogP contribution in [0.2, 0.25) is 0 Å². The SMILES string of the molecule is CC(C)(C)OC(=O)NC1CCN(c2cccc(F)c2N=C(N)N=C(N)N)CC1. The first kappa shape index (κ1) is 21.3. The lowest BCUT2D eigenvalue weighted by Crippen LogP contribution is -2.46. The van der Waals surface area contributed by atoms with Gasteiger partial charge in [-0.05, 0) is 45.7 Å².